The van der Waals surface area contributed by atoms with Crippen LogP contribution in [0.3, 0.4) is 0 Å². The first-order valence-corrected chi connectivity index (χ1v) is 19.4. The number of phosphoric ester groups is 1. The van der Waals surface area contributed by atoms with Gasteiger partial charge in [-0.2, -0.15) is 13.1 Å². The Morgan fingerprint density at radius 2 is 1.73 bits per heavy atom. The Balaban J connectivity index is 1.10. The highest BCUT2D eigenvalue weighted by Crippen LogP contribution is 2.54. The number of amides is 1. The number of ether oxygens (including phenoxy) is 2. The zero-order valence-electron chi connectivity index (χ0n) is 28.3. The lowest BCUT2D eigenvalue weighted by Gasteiger charge is -2.26. The van der Waals surface area contributed by atoms with Crippen LogP contribution in [0.4, 0.5) is 14.6 Å². The van der Waals surface area contributed by atoms with Gasteiger partial charge in [0.15, 0.2) is 59.0 Å². The molecular weight excluding hydrogens is 791 g/mol. The number of nitrogens with zero attached hydrogens (tertiary/aromatic N) is 8. The van der Waals surface area contributed by atoms with Gasteiger partial charge in [0, 0.05) is 12.1 Å². The van der Waals surface area contributed by atoms with Gasteiger partial charge in [-0.15, -0.1) is 0 Å². The SMILES string of the molecule is [C-]#[N+]CCOP1(=O)OC[C@H]2O[C@@H](n3cnc4c(=O)[nH]cnc43)[C@H](OS(=O)(=O)NC[C@H]3O[C@@H](n4cnc5c(NC(=O)c6ccccc6)ncnc54)[C@H](F)[C@@H]3O1)[C@@H]2F. The summed E-state index contributed by atoms with van der Waals surface area (Å²) < 4.78 is 111. The number of carbonyl (C=O) groups excluding carboxylic acids is 1. The molecule has 22 nitrogen and oxygen atoms in total. The number of anilines is 1. The zero-order valence-corrected chi connectivity index (χ0v) is 30.0. The Labute approximate surface area is 313 Å². The first kappa shape index (κ1) is 37.7. The van der Waals surface area contributed by atoms with Crippen LogP contribution in [0.15, 0.2) is 60.4 Å². The summed E-state index contributed by atoms with van der Waals surface area (Å²) in [6, 6.07) is 8.23. The van der Waals surface area contributed by atoms with Crippen molar-refractivity contribution in [1.29, 1.82) is 0 Å². The molecule has 9 atom stereocenters. The topological polar surface area (TPSA) is 259 Å². The fourth-order valence-electron chi connectivity index (χ4n) is 6.29. The van der Waals surface area contributed by atoms with E-state index in [0.717, 1.165) is 34.4 Å². The molecule has 7 heterocycles. The van der Waals surface area contributed by atoms with E-state index >= 15 is 8.78 Å². The summed E-state index contributed by atoms with van der Waals surface area (Å²) in [6.45, 7) is 4.53. The van der Waals surface area contributed by atoms with Crippen LogP contribution in [0.2, 0.25) is 0 Å². The zero-order chi connectivity index (χ0) is 39.2. The number of carbonyl (C=O) groups is 1. The molecule has 5 aromatic rings. The third-order valence-electron chi connectivity index (χ3n) is 8.87. The third-order valence-corrected chi connectivity index (χ3v) is 11.3. The van der Waals surface area contributed by atoms with Crippen LogP contribution in [0.25, 0.3) is 27.2 Å². The molecule has 3 saturated heterocycles. The van der Waals surface area contributed by atoms with Gasteiger partial charge in [0.05, 0.1) is 25.6 Å². The average molecular weight is 820 g/mol. The number of nitrogens with one attached hydrogen (secondary N) is 3. The summed E-state index contributed by atoms with van der Waals surface area (Å²) in [7, 11) is -9.87. The number of rotatable bonds is 7. The predicted octanol–water partition coefficient (Wildman–Crippen LogP) is 1.36. The molecule has 3 aliphatic rings. The molecule has 0 aliphatic carbocycles. The molecule has 0 spiro atoms. The molecular formula is C30H28F2N11O11PS. The molecule has 56 heavy (non-hydrogen) atoms. The molecule has 0 radical (unpaired) electrons. The summed E-state index contributed by atoms with van der Waals surface area (Å²) in [6.07, 6.45) is -10.6. The Bertz CT molecular complexity index is 2540. The molecule has 1 aromatic carbocycles. The van der Waals surface area contributed by atoms with E-state index in [1.54, 1.807) is 30.3 Å². The van der Waals surface area contributed by atoms with E-state index in [1.807, 2.05) is 0 Å². The number of aromatic nitrogens is 8. The first-order valence-electron chi connectivity index (χ1n) is 16.6. The second-order valence-corrected chi connectivity index (χ2v) is 15.3. The van der Waals surface area contributed by atoms with Gasteiger partial charge in [0.1, 0.15) is 31.2 Å². The van der Waals surface area contributed by atoms with Crippen LogP contribution in [0.1, 0.15) is 22.8 Å². The van der Waals surface area contributed by atoms with Crippen LogP contribution >= 0.6 is 7.82 Å². The van der Waals surface area contributed by atoms with E-state index in [2.05, 4.69) is 44.8 Å². The van der Waals surface area contributed by atoms with E-state index in [-0.39, 0.29) is 34.7 Å². The fourth-order valence-corrected chi connectivity index (χ4v) is 8.60. The normalized spacial score (nSPS) is 30.5. The number of hydrogen-bond acceptors (Lipinski definition) is 16. The molecule has 294 valence electrons. The number of fused-ring (bicyclic) bond motifs is 5. The summed E-state index contributed by atoms with van der Waals surface area (Å²) in [5, 5.41) is 2.63. The Morgan fingerprint density at radius 3 is 2.52 bits per heavy atom. The minimum absolute atomic E-state index is 0.0151. The van der Waals surface area contributed by atoms with E-state index in [9.17, 15) is 22.6 Å². The average Bonchev–Trinajstić information content (AvgIpc) is 3.95. The number of alkyl halides is 2. The fraction of sp³-hybridized carbons (Fsp3) is 0.400. The number of imidazole rings is 2. The second-order valence-electron chi connectivity index (χ2n) is 12.3. The smallest absolute Gasteiger partial charge is 0.347 e. The second kappa shape index (κ2) is 15.1. The van der Waals surface area contributed by atoms with Crippen LogP contribution in [-0.2, 0) is 42.1 Å². The maximum absolute atomic E-state index is 16.6. The quantitative estimate of drug-likeness (QED) is 0.119. The molecule has 1 amide bonds. The van der Waals surface area contributed by atoms with Gasteiger partial charge in [-0.05, 0) is 12.1 Å². The first-order chi connectivity index (χ1) is 26.9. The number of H-pyrrole nitrogens is 1. The molecule has 1 unspecified atom stereocenters. The third kappa shape index (κ3) is 7.17. The summed E-state index contributed by atoms with van der Waals surface area (Å²) in [4.78, 5) is 51.1. The van der Waals surface area contributed by atoms with E-state index < -0.39 is 98.6 Å². The maximum Gasteiger partial charge on any atom is 0.475 e. The number of hydrogen-bond donors (Lipinski definition) is 3. The highest BCUT2D eigenvalue weighted by atomic mass is 32.2. The molecule has 4 aromatic heterocycles. The van der Waals surface area contributed by atoms with Crippen molar-refractivity contribution < 1.29 is 53.8 Å². The van der Waals surface area contributed by atoms with Gasteiger partial charge < -0.3 is 24.6 Å². The lowest BCUT2D eigenvalue weighted by molar-refractivity contribution is -0.0526. The van der Waals surface area contributed by atoms with E-state index in [0.29, 0.717) is 5.56 Å². The van der Waals surface area contributed by atoms with E-state index in [1.165, 1.54) is 0 Å². The van der Waals surface area contributed by atoms with Crippen molar-refractivity contribution in [2.24, 2.45) is 0 Å². The highest BCUT2D eigenvalue weighted by molar-refractivity contribution is 7.84. The van der Waals surface area contributed by atoms with Crippen molar-refractivity contribution >= 4 is 52.2 Å². The molecule has 3 N–H and O–H groups in total. The monoisotopic (exact) mass is 819 g/mol. The Kier molecular flexibility index (Phi) is 10.2. The van der Waals surface area contributed by atoms with Crippen LogP contribution < -0.4 is 15.6 Å². The van der Waals surface area contributed by atoms with Gasteiger partial charge >= 0.3 is 18.1 Å². The minimum atomic E-state index is -4.94. The minimum Gasteiger partial charge on any atom is -0.347 e. The number of aromatic amines is 1. The number of phosphoric acid groups is 1. The van der Waals surface area contributed by atoms with Crippen LogP contribution in [0, 0.1) is 6.57 Å². The van der Waals surface area contributed by atoms with Crippen molar-refractivity contribution in [3.05, 3.63) is 83.0 Å². The Morgan fingerprint density at radius 1 is 1.00 bits per heavy atom. The molecule has 2 bridgehead atoms. The molecule has 3 fully saturated rings. The maximum atomic E-state index is 16.6. The lowest BCUT2D eigenvalue weighted by Crippen LogP contribution is -2.43. The standard InChI is InChI=1S/C30H28F2N11O11PS/c1-33-7-8-49-55(46)50-10-17-18(31)23(30(52-17)43-14-39-21-26(43)36-12-37-28(21)45)54-56(47,48)40-9-16-22(53-55)19(32)29(51-16)42-13-38-20-24(34-11-35-25(20)42)41-27(44)15-5-3-2-4-6-15/h2-6,11-14,16-19,22-23,29-30,40H,7-10H2,(H,36,37,45)(H,34,35,41,44)/t16-,17-,18-,19-,22-,23-,29-,30-,55?/m1/s1. The van der Waals surface area contributed by atoms with Gasteiger partial charge in [-0.1, -0.05) is 18.2 Å². The molecule has 8 rings (SSSR count). The van der Waals surface area contributed by atoms with Crippen molar-refractivity contribution in [2.45, 2.75) is 49.2 Å². The number of halogens is 2. The summed E-state index contributed by atoms with van der Waals surface area (Å²) in [5.41, 5.74) is -0.571. The highest BCUT2D eigenvalue weighted by Gasteiger charge is 2.54. The van der Waals surface area contributed by atoms with Crippen molar-refractivity contribution in [2.75, 3.05) is 31.6 Å². The van der Waals surface area contributed by atoms with Crippen molar-refractivity contribution in [3.63, 3.8) is 0 Å². The molecule has 0 saturated carbocycles. The largest absolute Gasteiger partial charge is 0.475 e. The number of benzene rings is 1. The van der Waals surface area contributed by atoms with Crippen molar-refractivity contribution in [3.8, 4) is 0 Å². The van der Waals surface area contributed by atoms with Gasteiger partial charge in [0.2, 0.25) is 6.54 Å². The van der Waals surface area contributed by atoms with Gasteiger partial charge in [-0.25, -0.2) is 49.0 Å². The van der Waals surface area contributed by atoms with Crippen LogP contribution in [0.5, 0.6) is 0 Å². The van der Waals surface area contributed by atoms with Gasteiger partial charge in [-0.3, -0.25) is 32.3 Å². The molecule has 26 heteroatoms. The van der Waals surface area contributed by atoms with Crippen molar-refractivity contribution in [1.82, 2.24) is 43.8 Å². The predicted molar refractivity (Wildman–Crippen MR) is 183 cm³/mol. The van der Waals surface area contributed by atoms with E-state index in [4.69, 9.17) is 33.8 Å². The summed E-state index contributed by atoms with van der Waals surface area (Å²) >= 11 is 0. The summed E-state index contributed by atoms with van der Waals surface area (Å²) in [5.74, 6) is -0.529. The van der Waals surface area contributed by atoms with Crippen LogP contribution in [-0.4, -0.2) is 116 Å². The Hall–Kier alpha value is -5.16. The van der Waals surface area contributed by atoms with Gasteiger partial charge in [0.25, 0.3) is 11.5 Å². The molecule has 3 aliphatic heterocycles. The lowest BCUT2D eigenvalue weighted by atomic mass is 10.1.